The highest BCUT2D eigenvalue weighted by atomic mass is 35.5. The first-order valence-electron chi connectivity index (χ1n) is 8.93. The minimum absolute atomic E-state index is 0.211. The first kappa shape index (κ1) is 19.9. The Morgan fingerprint density at radius 1 is 1.07 bits per heavy atom. The highest BCUT2D eigenvalue weighted by molar-refractivity contribution is 7.89. The number of piperidine rings is 1. The molecule has 0 radical (unpaired) electrons. The van der Waals surface area contributed by atoms with Crippen LogP contribution in [0.5, 0.6) is 0 Å². The molecule has 5 nitrogen and oxygen atoms in total. The maximum absolute atomic E-state index is 12.9. The maximum atomic E-state index is 12.9. The molecule has 1 fully saturated rings. The Kier molecular flexibility index (Phi) is 5.89. The van der Waals surface area contributed by atoms with E-state index in [0.29, 0.717) is 41.2 Å². The molecule has 1 aliphatic rings. The fourth-order valence-electron chi connectivity index (χ4n) is 3.50. The Morgan fingerprint density at radius 2 is 1.70 bits per heavy atom. The van der Waals surface area contributed by atoms with Crippen molar-refractivity contribution in [3.05, 3.63) is 59.1 Å². The van der Waals surface area contributed by atoms with Gasteiger partial charge in [-0.3, -0.25) is 4.79 Å². The molecule has 1 N–H and O–H groups in total. The van der Waals surface area contributed by atoms with E-state index >= 15 is 0 Å². The Hall–Kier alpha value is -1.89. The molecule has 0 aliphatic carbocycles. The topological polar surface area (TPSA) is 66.5 Å². The molecule has 1 heterocycles. The quantitative estimate of drug-likeness (QED) is 0.824. The largest absolute Gasteiger partial charge is 0.322 e. The van der Waals surface area contributed by atoms with Gasteiger partial charge in [-0.1, -0.05) is 31.5 Å². The summed E-state index contributed by atoms with van der Waals surface area (Å²) in [5.74, 6) is 0.360. The van der Waals surface area contributed by atoms with Crippen molar-refractivity contribution in [1.29, 1.82) is 0 Å². The molecular weight excluding hydrogens is 384 g/mol. The minimum Gasteiger partial charge on any atom is -0.322 e. The van der Waals surface area contributed by atoms with Crippen molar-refractivity contribution in [2.75, 3.05) is 18.4 Å². The summed E-state index contributed by atoms with van der Waals surface area (Å²) in [6.07, 6.45) is 1.04. The van der Waals surface area contributed by atoms with Gasteiger partial charge in [-0.05, 0) is 60.7 Å². The lowest BCUT2D eigenvalue weighted by Gasteiger charge is -2.34. The molecule has 7 heteroatoms. The third-order valence-corrected chi connectivity index (χ3v) is 6.75. The van der Waals surface area contributed by atoms with Gasteiger partial charge in [0.05, 0.1) is 4.90 Å². The molecule has 1 amide bonds. The lowest BCUT2D eigenvalue weighted by atomic mass is 9.94. The number of halogens is 1. The van der Waals surface area contributed by atoms with Crippen molar-refractivity contribution in [3.63, 3.8) is 0 Å². The van der Waals surface area contributed by atoms with E-state index in [9.17, 15) is 13.2 Å². The van der Waals surface area contributed by atoms with E-state index < -0.39 is 10.0 Å². The van der Waals surface area contributed by atoms with Crippen LogP contribution in [0, 0.1) is 11.8 Å². The first-order chi connectivity index (χ1) is 12.8. The number of carbonyl (C=O) groups is 1. The van der Waals surface area contributed by atoms with E-state index in [0.717, 1.165) is 6.42 Å². The number of hydrogen-bond acceptors (Lipinski definition) is 3. The van der Waals surface area contributed by atoms with Gasteiger partial charge in [-0.25, -0.2) is 8.42 Å². The Morgan fingerprint density at radius 3 is 2.30 bits per heavy atom. The van der Waals surface area contributed by atoms with Gasteiger partial charge in [-0.15, -0.1) is 0 Å². The van der Waals surface area contributed by atoms with E-state index in [-0.39, 0.29) is 10.8 Å². The molecule has 0 saturated carbocycles. The maximum Gasteiger partial charge on any atom is 0.255 e. The number of rotatable bonds is 4. The molecule has 2 aromatic carbocycles. The van der Waals surface area contributed by atoms with Gasteiger partial charge in [-0.2, -0.15) is 4.31 Å². The molecule has 3 rings (SSSR count). The number of benzene rings is 2. The summed E-state index contributed by atoms with van der Waals surface area (Å²) in [6, 6.07) is 12.9. The van der Waals surface area contributed by atoms with Crippen molar-refractivity contribution < 1.29 is 13.2 Å². The van der Waals surface area contributed by atoms with Crippen LogP contribution in [0.15, 0.2) is 53.4 Å². The number of carbonyl (C=O) groups excluding carboxylic acids is 1. The fourth-order valence-corrected chi connectivity index (χ4v) is 5.37. The van der Waals surface area contributed by atoms with Gasteiger partial charge >= 0.3 is 0 Å². The van der Waals surface area contributed by atoms with Crippen LogP contribution >= 0.6 is 11.6 Å². The Balaban J connectivity index is 1.75. The van der Waals surface area contributed by atoms with E-state index in [2.05, 4.69) is 19.2 Å². The Bertz CT molecular complexity index is 918. The normalized spacial score (nSPS) is 21.0. The summed E-state index contributed by atoms with van der Waals surface area (Å²) < 4.78 is 27.3. The van der Waals surface area contributed by atoms with Crippen molar-refractivity contribution >= 4 is 33.2 Å². The highest BCUT2D eigenvalue weighted by Gasteiger charge is 2.31. The summed E-state index contributed by atoms with van der Waals surface area (Å²) in [5.41, 5.74) is 0.967. The average Bonchev–Trinajstić information content (AvgIpc) is 2.61. The number of anilines is 1. The molecule has 0 aromatic heterocycles. The lowest BCUT2D eigenvalue weighted by Crippen LogP contribution is -2.42. The third kappa shape index (κ3) is 4.69. The number of sulfonamides is 1. The lowest BCUT2D eigenvalue weighted by molar-refractivity contribution is 0.102. The molecule has 0 bridgehead atoms. The van der Waals surface area contributed by atoms with E-state index in [1.807, 2.05) is 0 Å². The van der Waals surface area contributed by atoms with Gasteiger partial charge in [0, 0.05) is 29.4 Å². The summed E-state index contributed by atoms with van der Waals surface area (Å²) in [5, 5.41) is 3.28. The summed E-state index contributed by atoms with van der Waals surface area (Å²) in [7, 11) is -3.55. The van der Waals surface area contributed by atoms with Gasteiger partial charge in [0.15, 0.2) is 0 Å². The van der Waals surface area contributed by atoms with Gasteiger partial charge in [0.1, 0.15) is 0 Å². The highest BCUT2D eigenvalue weighted by Crippen LogP contribution is 2.27. The van der Waals surface area contributed by atoms with Crippen LogP contribution in [0.2, 0.25) is 5.02 Å². The fraction of sp³-hybridized carbons (Fsp3) is 0.350. The molecule has 2 atom stereocenters. The number of amides is 1. The number of nitrogens with zero attached hydrogens (tertiary/aromatic N) is 1. The SMILES string of the molecule is C[C@@H]1C[C@H](C)CN(S(=O)(=O)c2ccc(C(=O)Nc3cccc(Cl)c3)cc2)C1. The van der Waals surface area contributed by atoms with Crippen LogP contribution < -0.4 is 5.32 Å². The molecule has 1 aliphatic heterocycles. The molecule has 0 spiro atoms. The minimum atomic E-state index is -3.55. The molecule has 27 heavy (non-hydrogen) atoms. The van der Waals surface area contributed by atoms with Crippen molar-refractivity contribution in [2.24, 2.45) is 11.8 Å². The van der Waals surface area contributed by atoms with Crippen molar-refractivity contribution in [3.8, 4) is 0 Å². The Labute approximate surface area is 165 Å². The van der Waals surface area contributed by atoms with Gasteiger partial charge in [0.2, 0.25) is 10.0 Å². The van der Waals surface area contributed by atoms with Crippen LogP contribution in [0.1, 0.15) is 30.6 Å². The van der Waals surface area contributed by atoms with Crippen molar-refractivity contribution in [1.82, 2.24) is 4.31 Å². The van der Waals surface area contributed by atoms with Crippen LogP contribution in [0.3, 0.4) is 0 Å². The van der Waals surface area contributed by atoms with Gasteiger partial charge in [0.25, 0.3) is 5.91 Å². The van der Waals surface area contributed by atoms with Crippen LogP contribution in [-0.2, 0) is 10.0 Å². The van der Waals surface area contributed by atoms with Crippen molar-refractivity contribution in [2.45, 2.75) is 25.2 Å². The zero-order valence-electron chi connectivity index (χ0n) is 15.4. The van der Waals surface area contributed by atoms with E-state index in [1.54, 1.807) is 28.6 Å². The molecule has 1 saturated heterocycles. The van der Waals surface area contributed by atoms with Gasteiger partial charge < -0.3 is 5.32 Å². The second kappa shape index (κ2) is 8.00. The van der Waals surface area contributed by atoms with E-state index in [4.69, 9.17) is 11.6 Å². The summed E-state index contributed by atoms with van der Waals surface area (Å²) in [6.45, 7) is 5.20. The standard InChI is InChI=1S/C20H23ClN2O3S/c1-14-10-15(2)13-23(12-14)27(25,26)19-8-6-16(7-9-19)20(24)22-18-5-3-4-17(21)11-18/h3-9,11,14-15H,10,12-13H2,1-2H3,(H,22,24)/t14-,15+. The summed E-state index contributed by atoms with van der Waals surface area (Å²) >= 11 is 5.92. The predicted octanol–water partition coefficient (Wildman–Crippen LogP) is 4.26. The third-order valence-electron chi connectivity index (χ3n) is 4.67. The monoisotopic (exact) mass is 406 g/mol. The number of nitrogens with one attached hydrogen (secondary N) is 1. The molecule has 0 unspecified atom stereocenters. The second-order valence-electron chi connectivity index (χ2n) is 7.26. The molecule has 144 valence electrons. The average molecular weight is 407 g/mol. The van der Waals surface area contributed by atoms with Crippen LogP contribution in [0.4, 0.5) is 5.69 Å². The number of hydrogen-bond donors (Lipinski definition) is 1. The smallest absolute Gasteiger partial charge is 0.255 e. The van der Waals surface area contributed by atoms with Crippen LogP contribution in [0.25, 0.3) is 0 Å². The molecule has 2 aromatic rings. The summed E-state index contributed by atoms with van der Waals surface area (Å²) in [4.78, 5) is 12.6. The zero-order valence-corrected chi connectivity index (χ0v) is 16.9. The van der Waals surface area contributed by atoms with Crippen LogP contribution in [-0.4, -0.2) is 31.7 Å². The first-order valence-corrected chi connectivity index (χ1v) is 10.7. The molecular formula is C20H23ClN2O3S. The zero-order chi connectivity index (χ0) is 19.6. The predicted molar refractivity (Wildman–Crippen MR) is 108 cm³/mol. The second-order valence-corrected chi connectivity index (χ2v) is 9.63. The van der Waals surface area contributed by atoms with E-state index in [1.165, 1.54) is 24.3 Å².